The predicted molar refractivity (Wildman–Crippen MR) is 202 cm³/mol. The molecule has 0 unspecified atom stereocenters. The first-order chi connectivity index (χ1) is 25.9. The van der Waals surface area contributed by atoms with Gasteiger partial charge < -0.3 is 5.73 Å². The lowest BCUT2D eigenvalue weighted by Gasteiger charge is -2.28. The van der Waals surface area contributed by atoms with Crippen LogP contribution < -0.4 is 5.73 Å². The van der Waals surface area contributed by atoms with Gasteiger partial charge in [0.1, 0.15) is 5.69 Å². The fraction of sp³-hybridized carbons (Fsp3) is 0.419. The maximum absolute atomic E-state index is 14.4. The Kier molecular flexibility index (Phi) is 14.1. The van der Waals surface area contributed by atoms with Gasteiger partial charge >= 0.3 is 0 Å². The van der Waals surface area contributed by atoms with Crippen molar-refractivity contribution in [2.24, 2.45) is 16.8 Å². The van der Waals surface area contributed by atoms with Gasteiger partial charge in [0.05, 0.1) is 16.3 Å². The van der Waals surface area contributed by atoms with E-state index in [1.807, 2.05) is 0 Å². The Bertz CT molecular complexity index is 1900. The molecule has 11 heteroatoms. The Morgan fingerprint density at radius 1 is 0.537 bits per heavy atom. The predicted octanol–water partition coefficient (Wildman–Crippen LogP) is 14.3. The number of hydrogen-bond acceptors (Lipinski definition) is 3. The van der Waals surface area contributed by atoms with Gasteiger partial charge in [-0.2, -0.15) is 4.99 Å². The van der Waals surface area contributed by atoms with Crippen LogP contribution in [0.3, 0.4) is 0 Å². The zero-order valence-electron chi connectivity index (χ0n) is 30.4. The quantitative estimate of drug-likeness (QED) is 0.0605. The van der Waals surface area contributed by atoms with Gasteiger partial charge in [0.2, 0.25) is 0 Å². The number of thiocarbonyl (C=S) groups is 1. The van der Waals surface area contributed by atoms with E-state index >= 15 is 0 Å². The molecule has 288 valence electrons. The van der Waals surface area contributed by atoms with Crippen molar-refractivity contribution >= 4 is 28.8 Å². The molecule has 0 spiro atoms. The molecule has 4 aromatic carbocycles. The molecule has 0 aliphatic heterocycles. The standard InChI is InChI=1S/C22H21F4NS.C21H23F4N/c1-2-3-13-4-6-14(7-5-13)15-8-10-16(11-9-15)17-18(23)20(25)22(27-12-28)21(26)19(17)24;1-2-3-12-4-6-13(7-5-12)14-8-10-15(11-9-14)16-17(22)19(24)21(26)20(25)18(16)23/h8-11,13-14H,2-7H2,1H3;8-13H,2-7,26H2,1H3. The van der Waals surface area contributed by atoms with Gasteiger partial charge in [-0.15, -0.1) is 0 Å². The van der Waals surface area contributed by atoms with E-state index in [1.54, 1.807) is 29.4 Å². The molecule has 2 saturated carbocycles. The van der Waals surface area contributed by atoms with Crippen molar-refractivity contribution in [3.8, 4) is 22.3 Å². The first kappa shape index (κ1) is 41.1. The molecule has 2 nitrogen and oxygen atoms in total. The molecular weight excluding hydrogens is 729 g/mol. The van der Waals surface area contributed by atoms with Crippen molar-refractivity contribution in [2.45, 2.75) is 103 Å². The van der Waals surface area contributed by atoms with Crippen molar-refractivity contribution in [3.63, 3.8) is 0 Å². The lowest BCUT2D eigenvalue weighted by molar-refractivity contribution is 0.308. The number of aliphatic imine (C=N–C) groups is 1. The highest BCUT2D eigenvalue weighted by Gasteiger charge is 2.28. The first-order valence-corrected chi connectivity index (χ1v) is 19.1. The summed E-state index contributed by atoms with van der Waals surface area (Å²) in [6, 6.07) is 13.2. The molecule has 6 rings (SSSR count). The maximum atomic E-state index is 14.4. The van der Waals surface area contributed by atoms with Crippen molar-refractivity contribution in [3.05, 3.63) is 106 Å². The number of nitrogen functional groups attached to an aromatic ring is 1. The number of hydrogen-bond donors (Lipinski definition) is 1. The molecule has 0 saturated heterocycles. The summed E-state index contributed by atoms with van der Waals surface area (Å²) in [5.41, 5.74) is 3.72. The number of rotatable bonds is 9. The second kappa shape index (κ2) is 18.5. The van der Waals surface area contributed by atoms with Crippen LogP contribution in [0.25, 0.3) is 22.3 Å². The molecule has 2 N–H and O–H groups in total. The lowest BCUT2D eigenvalue weighted by atomic mass is 9.77. The Morgan fingerprint density at radius 3 is 1.19 bits per heavy atom. The molecule has 2 fully saturated rings. The third-order valence-electron chi connectivity index (χ3n) is 11.1. The molecule has 0 heterocycles. The van der Waals surface area contributed by atoms with E-state index in [0.29, 0.717) is 11.8 Å². The molecule has 0 atom stereocenters. The maximum Gasteiger partial charge on any atom is 0.189 e. The Balaban J connectivity index is 0.000000208. The molecule has 2 aliphatic rings. The minimum atomic E-state index is -1.58. The summed E-state index contributed by atoms with van der Waals surface area (Å²) in [6.07, 6.45) is 14.0. The number of halogens is 8. The Hall–Kier alpha value is -4.08. The van der Waals surface area contributed by atoms with Crippen LogP contribution in [0.4, 0.5) is 46.5 Å². The number of nitrogens with zero attached hydrogens (tertiary/aromatic N) is 1. The summed E-state index contributed by atoms with van der Waals surface area (Å²) in [6.45, 7) is 4.40. The highest BCUT2D eigenvalue weighted by Crippen LogP contribution is 2.41. The Labute approximate surface area is 316 Å². The SMILES string of the molecule is CCCC1CCC(c2ccc(-c3c(F)c(F)c(N)c(F)c3F)cc2)CC1.CCCC1CCC(c2ccc(-c3c(F)c(F)c(N=C=S)c(F)c3F)cc2)CC1. The molecule has 0 aromatic heterocycles. The van der Waals surface area contributed by atoms with Crippen LogP contribution in [0.2, 0.25) is 0 Å². The van der Waals surface area contributed by atoms with Crippen LogP contribution in [0.1, 0.15) is 114 Å². The largest absolute Gasteiger partial charge is 0.394 e. The minimum absolute atomic E-state index is 0.0779. The fourth-order valence-electron chi connectivity index (χ4n) is 8.15. The third kappa shape index (κ3) is 8.89. The monoisotopic (exact) mass is 772 g/mol. The van der Waals surface area contributed by atoms with Crippen molar-refractivity contribution in [1.82, 2.24) is 0 Å². The normalized spacial score (nSPS) is 19.8. The van der Waals surface area contributed by atoms with Gasteiger partial charge in [-0.3, -0.25) is 0 Å². The summed E-state index contributed by atoms with van der Waals surface area (Å²) in [4.78, 5) is 3.09. The van der Waals surface area contributed by atoms with Crippen LogP contribution in [0, 0.1) is 58.4 Å². The van der Waals surface area contributed by atoms with Crippen LogP contribution in [-0.2, 0) is 0 Å². The zero-order valence-corrected chi connectivity index (χ0v) is 31.2. The van der Waals surface area contributed by atoms with Gasteiger partial charge in [-0.05, 0) is 110 Å². The number of benzene rings is 4. The fourth-order valence-corrected chi connectivity index (χ4v) is 8.24. The van der Waals surface area contributed by atoms with E-state index in [4.69, 9.17) is 5.73 Å². The molecule has 4 aromatic rings. The molecular formula is C43H44F8N2S. The van der Waals surface area contributed by atoms with Crippen LogP contribution in [-0.4, -0.2) is 5.16 Å². The minimum Gasteiger partial charge on any atom is -0.394 e. The van der Waals surface area contributed by atoms with Crippen LogP contribution >= 0.6 is 12.2 Å². The summed E-state index contributed by atoms with van der Waals surface area (Å²) in [7, 11) is 0. The van der Waals surface area contributed by atoms with E-state index in [0.717, 1.165) is 48.6 Å². The highest BCUT2D eigenvalue weighted by molar-refractivity contribution is 7.78. The van der Waals surface area contributed by atoms with Gasteiger partial charge in [0.15, 0.2) is 52.2 Å². The second-order valence-electron chi connectivity index (χ2n) is 14.5. The average molecular weight is 773 g/mol. The lowest BCUT2D eigenvalue weighted by Crippen LogP contribution is -2.13. The van der Waals surface area contributed by atoms with E-state index in [1.165, 1.54) is 75.6 Å². The molecule has 0 bridgehead atoms. The third-order valence-corrected chi connectivity index (χ3v) is 11.2. The smallest absolute Gasteiger partial charge is 0.189 e. The molecule has 0 amide bonds. The second-order valence-corrected chi connectivity index (χ2v) is 14.7. The van der Waals surface area contributed by atoms with Gasteiger partial charge in [0, 0.05) is 0 Å². The summed E-state index contributed by atoms with van der Waals surface area (Å²) >= 11 is 4.27. The summed E-state index contributed by atoms with van der Waals surface area (Å²) in [5, 5.41) is 1.73. The van der Waals surface area contributed by atoms with E-state index < -0.39 is 69.0 Å². The van der Waals surface area contributed by atoms with E-state index in [-0.39, 0.29) is 11.1 Å². The van der Waals surface area contributed by atoms with Gasteiger partial charge in [-0.1, -0.05) is 88.1 Å². The number of isothiocyanates is 1. The number of nitrogens with two attached hydrogens (primary N) is 1. The summed E-state index contributed by atoms with van der Waals surface area (Å²) in [5.74, 6) is -9.78. The molecule has 0 radical (unpaired) electrons. The Morgan fingerprint density at radius 2 is 0.870 bits per heavy atom. The first-order valence-electron chi connectivity index (χ1n) is 18.7. The zero-order chi connectivity index (χ0) is 39.1. The van der Waals surface area contributed by atoms with E-state index in [9.17, 15) is 35.1 Å². The van der Waals surface area contributed by atoms with Gasteiger partial charge in [0.25, 0.3) is 0 Å². The average Bonchev–Trinajstić information content (AvgIpc) is 3.19. The molecule has 54 heavy (non-hydrogen) atoms. The number of anilines is 1. The van der Waals surface area contributed by atoms with Crippen LogP contribution in [0.5, 0.6) is 0 Å². The van der Waals surface area contributed by atoms with E-state index in [2.05, 4.69) is 31.1 Å². The van der Waals surface area contributed by atoms with Crippen LogP contribution in [0.15, 0.2) is 53.5 Å². The van der Waals surface area contributed by atoms with Crippen molar-refractivity contribution in [2.75, 3.05) is 5.73 Å². The van der Waals surface area contributed by atoms with Gasteiger partial charge in [-0.25, -0.2) is 35.1 Å². The molecule has 2 aliphatic carbocycles. The summed E-state index contributed by atoms with van der Waals surface area (Å²) < 4.78 is 112. The topological polar surface area (TPSA) is 38.4 Å². The van der Waals surface area contributed by atoms with Crippen molar-refractivity contribution in [1.29, 1.82) is 0 Å². The highest BCUT2D eigenvalue weighted by atomic mass is 32.1. The van der Waals surface area contributed by atoms with Crippen molar-refractivity contribution < 1.29 is 35.1 Å².